The Morgan fingerprint density at radius 3 is 2.54 bits per heavy atom. The second-order valence-electron chi connectivity index (χ2n) is 2.77. The van der Waals surface area contributed by atoms with Crippen LogP contribution in [0.4, 0.5) is 11.4 Å². The molecule has 0 unspecified atom stereocenters. The van der Waals surface area contributed by atoms with E-state index in [1.807, 2.05) is 18.4 Å². The van der Waals surface area contributed by atoms with Crippen LogP contribution in [0.15, 0.2) is 17.0 Å². The van der Waals surface area contributed by atoms with Gasteiger partial charge >= 0.3 is 0 Å². The Balaban J connectivity index is 3.05. The zero-order valence-electron chi connectivity index (χ0n) is 7.58. The van der Waals surface area contributed by atoms with Crippen molar-refractivity contribution in [3.05, 3.63) is 17.7 Å². The van der Waals surface area contributed by atoms with E-state index in [1.165, 1.54) is 0 Å². The van der Waals surface area contributed by atoms with Crippen molar-refractivity contribution < 1.29 is 5.11 Å². The third kappa shape index (κ3) is 2.29. The van der Waals surface area contributed by atoms with Gasteiger partial charge in [0.15, 0.2) is 0 Å². The van der Waals surface area contributed by atoms with Crippen molar-refractivity contribution in [3.8, 4) is 0 Å². The van der Waals surface area contributed by atoms with Crippen LogP contribution in [0.5, 0.6) is 0 Å². The standard InChI is InChI=1S/C9H14N2OS/c1-13-9-5-7(10)6(2-3-12)4-8(9)11/h4-5,12H,2-3,10-11H2,1H3. The lowest BCUT2D eigenvalue weighted by molar-refractivity contribution is 0.300. The lowest BCUT2D eigenvalue weighted by Crippen LogP contribution is -2.00. The molecule has 0 atom stereocenters. The highest BCUT2D eigenvalue weighted by Gasteiger charge is 2.04. The molecule has 0 fully saturated rings. The Morgan fingerprint density at radius 1 is 1.31 bits per heavy atom. The van der Waals surface area contributed by atoms with Crippen molar-refractivity contribution in [3.63, 3.8) is 0 Å². The van der Waals surface area contributed by atoms with Crippen molar-refractivity contribution in [1.82, 2.24) is 0 Å². The Hall–Kier alpha value is -0.870. The van der Waals surface area contributed by atoms with E-state index in [2.05, 4.69) is 0 Å². The van der Waals surface area contributed by atoms with Gasteiger partial charge in [0, 0.05) is 22.9 Å². The first-order chi connectivity index (χ1) is 6.19. The third-order valence-corrected chi connectivity index (χ3v) is 2.67. The van der Waals surface area contributed by atoms with Gasteiger partial charge in [-0.05, 0) is 30.4 Å². The Bertz CT molecular complexity index is 302. The smallest absolute Gasteiger partial charge is 0.0472 e. The molecule has 0 aliphatic heterocycles. The normalized spacial score (nSPS) is 10.3. The molecule has 0 aliphatic rings. The molecule has 1 aromatic rings. The summed E-state index contributed by atoms with van der Waals surface area (Å²) in [5.41, 5.74) is 13.9. The van der Waals surface area contributed by atoms with Crippen LogP contribution in [0.1, 0.15) is 5.56 Å². The number of benzene rings is 1. The number of rotatable bonds is 3. The number of aliphatic hydroxyl groups is 1. The van der Waals surface area contributed by atoms with Crippen LogP contribution in [0.25, 0.3) is 0 Å². The predicted octanol–water partition coefficient (Wildman–Crippen LogP) is 1.11. The van der Waals surface area contributed by atoms with E-state index in [1.54, 1.807) is 11.8 Å². The topological polar surface area (TPSA) is 72.3 Å². The van der Waals surface area contributed by atoms with Gasteiger partial charge < -0.3 is 16.6 Å². The summed E-state index contributed by atoms with van der Waals surface area (Å²) in [6.45, 7) is 0.0995. The van der Waals surface area contributed by atoms with E-state index in [9.17, 15) is 0 Å². The highest BCUT2D eigenvalue weighted by molar-refractivity contribution is 7.98. The second kappa shape index (κ2) is 4.39. The maximum absolute atomic E-state index is 8.76. The van der Waals surface area contributed by atoms with Gasteiger partial charge in [-0.25, -0.2) is 0 Å². The minimum absolute atomic E-state index is 0.0995. The molecule has 5 N–H and O–H groups in total. The number of hydrogen-bond donors (Lipinski definition) is 3. The molecule has 13 heavy (non-hydrogen) atoms. The van der Waals surface area contributed by atoms with Crippen molar-refractivity contribution in [2.24, 2.45) is 0 Å². The van der Waals surface area contributed by atoms with Crippen LogP contribution < -0.4 is 11.5 Å². The Kier molecular flexibility index (Phi) is 3.45. The number of nitrogen functional groups attached to an aromatic ring is 2. The lowest BCUT2D eigenvalue weighted by Gasteiger charge is -2.08. The summed E-state index contributed by atoms with van der Waals surface area (Å²) >= 11 is 1.57. The molecule has 0 amide bonds. The lowest BCUT2D eigenvalue weighted by atomic mass is 10.1. The summed E-state index contributed by atoms with van der Waals surface area (Å²) in [6, 6.07) is 3.68. The second-order valence-corrected chi connectivity index (χ2v) is 3.61. The van der Waals surface area contributed by atoms with Gasteiger partial charge in [0.05, 0.1) is 0 Å². The van der Waals surface area contributed by atoms with Gasteiger partial charge in [0.1, 0.15) is 0 Å². The number of anilines is 2. The van der Waals surface area contributed by atoms with Gasteiger partial charge in [0.2, 0.25) is 0 Å². The summed E-state index contributed by atoms with van der Waals surface area (Å²) in [5, 5.41) is 8.76. The molecule has 0 spiro atoms. The first kappa shape index (κ1) is 10.2. The highest BCUT2D eigenvalue weighted by Crippen LogP contribution is 2.28. The van der Waals surface area contributed by atoms with Gasteiger partial charge in [0.25, 0.3) is 0 Å². The zero-order valence-corrected chi connectivity index (χ0v) is 8.40. The molecule has 0 heterocycles. The largest absolute Gasteiger partial charge is 0.398 e. The van der Waals surface area contributed by atoms with E-state index in [-0.39, 0.29) is 6.61 Å². The Labute approximate surface area is 82.1 Å². The fraction of sp³-hybridized carbons (Fsp3) is 0.333. The molecule has 3 nitrogen and oxygen atoms in total. The number of aliphatic hydroxyl groups excluding tert-OH is 1. The molecule has 0 radical (unpaired) electrons. The van der Waals surface area contributed by atoms with E-state index < -0.39 is 0 Å². The van der Waals surface area contributed by atoms with Gasteiger partial charge in [-0.1, -0.05) is 0 Å². The predicted molar refractivity (Wildman–Crippen MR) is 57.8 cm³/mol. The molecule has 72 valence electrons. The van der Waals surface area contributed by atoms with Crippen molar-refractivity contribution >= 4 is 23.1 Å². The number of nitrogens with two attached hydrogens (primary N) is 2. The molecule has 1 aromatic carbocycles. The van der Waals surface area contributed by atoms with Crippen LogP contribution in [-0.4, -0.2) is 18.0 Å². The van der Waals surface area contributed by atoms with Gasteiger partial charge in [-0.15, -0.1) is 11.8 Å². The zero-order chi connectivity index (χ0) is 9.84. The molecule has 0 aliphatic carbocycles. The van der Waals surface area contributed by atoms with Crippen LogP contribution in [0, 0.1) is 0 Å². The van der Waals surface area contributed by atoms with E-state index in [0.717, 1.165) is 16.1 Å². The molecule has 0 aromatic heterocycles. The summed E-state index contributed by atoms with van der Waals surface area (Å²) in [4.78, 5) is 0.985. The van der Waals surface area contributed by atoms with Gasteiger partial charge in [-0.2, -0.15) is 0 Å². The fourth-order valence-electron chi connectivity index (χ4n) is 1.17. The summed E-state index contributed by atoms with van der Waals surface area (Å²) in [7, 11) is 0. The minimum atomic E-state index is 0.0995. The monoisotopic (exact) mass is 198 g/mol. The molecular weight excluding hydrogens is 184 g/mol. The highest BCUT2D eigenvalue weighted by atomic mass is 32.2. The van der Waals surface area contributed by atoms with Crippen LogP contribution in [0.3, 0.4) is 0 Å². The number of hydrogen-bond acceptors (Lipinski definition) is 4. The average molecular weight is 198 g/mol. The van der Waals surface area contributed by atoms with E-state index in [0.29, 0.717) is 12.1 Å². The quantitative estimate of drug-likeness (QED) is 0.502. The molecule has 0 saturated heterocycles. The summed E-state index contributed by atoms with van der Waals surface area (Å²) in [5.74, 6) is 0. The van der Waals surface area contributed by atoms with Gasteiger partial charge in [-0.3, -0.25) is 0 Å². The maximum Gasteiger partial charge on any atom is 0.0472 e. The first-order valence-corrected chi connectivity index (χ1v) is 5.24. The third-order valence-electron chi connectivity index (χ3n) is 1.87. The van der Waals surface area contributed by atoms with Crippen molar-refractivity contribution in [1.29, 1.82) is 0 Å². The van der Waals surface area contributed by atoms with Crippen molar-refractivity contribution in [2.45, 2.75) is 11.3 Å². The maximum atomic E-state index is 8.76. The van der Waals surface area contributed by atoms with Crippen LogP contribution >= 0.6 is 11.8 Å². The van der Waals surface area contributed by atoms with Crippen LogP contribution in [-0.2, 0) is 6.42 Å². The molecule has 4 heteroatoms. The molecule has 0 saturated carbocycles. The molecule has 0 bridgehead atoms. The average Bonchev–Trinajstić information content (AvgIpc) is 2.11. The van der Waals surface area contributed by atoms with E-state index >= 15 is 0 Å². The van der Waals surface area contributed by atoms with Crippen molar-refractivity contribution in [2.75, 3.05) is 24.3 Å². The van der Waals surface area contributed by atoms with E-state index in [4.69, 9.17) is 16.6 Å². The first-order valence-electron chi connectivity index (χ1n) is 4.01. The van der Waals surface area contributed by atoms with Crippen LogP contribution in [0.2, 0.25) is 0 Å². The molecular formula is C9H14N2OS. The minimum Gasteiger partial charge on any atom is -0.398 e. The SMILES string of the molecule is CSc1cc(N)c(CCO)cc1N. The fourth-order valence-corrected chi connectivity index (χ4v) is 1.71. The summed E-state index contributed by atoms with van der Waals surface area (Å²) in [6.07, 6.45) is 2.52. The Morgan fingerprint density at radius 2 is 2.00 bits per heavy atom. The number of thioether (sulfide) groups is 1. The summed E-state index contributed by atoms with van der Waals surface area (Å²) < 4.78 is 0. The molecule has 1 rings (SSSR count).